The van der Waals surface area contributed by atoms with E-state index in [1.807, 2.05) is 12.1 Å². The topological polar surface area (TPSA) is 54.4 Å². The number of rotatable bonds is 5. The van der Waals surface area contributed by atoms with Crippen molar-refractivity contribution in [3.8, 4) is 5.75 Å². The van der Waals surface area contributed by atoms with Crippen molar-refractivity contribution in [2.75, 3.05) is 19.0 Å². The van der Waals surface area contributed by atoms with Crippen LogP contribution in [0.25, 0.3) is 0 Å². The number of methoxy groups -OCH3 is 1. The number of aromatic nitrogens is 1. The summed E-state index contributed by atoms with van der Waals surface area (Å²) in [7, 11) is 1.62. The van der Waals surface area contributed by atoms with Gasteiger partial charge in [0.1, 0.15) is 11.6 Å². The van der Waals surface area contributed by atoms with Crippen molar-refractivity contribution in [2.24, 2.45) is 5.41 Å². The minimum atomic E-state index is 0.0737. The first kappa shape index (κ1) is 13.8. The highest BCUT2D eigenvalue weighted by atomic mass is 16.5. The zero-order valence-corrected chi connectivity index (χ0v) is 11.0. The lowest BCUT2D eigenvalue weighted by Crippen LogP contribution is -2.35. The highest BCUT2D eigenvalue weighted by Gasteiger charge is 2.24. The first-order valence-corrected chi connectivity index (χ1v) is 5.85. The summed E-state index contributed by atoms with van der Waals surface area (Å²) in [5.41, 5.74) is 0.0737. The van der Waals surface area contributed by atoms with Crippen LogP contribution in [-0.2, 0) is 0 Å². The zero-order valence-electron chi connectivity index (χ0n) is 11.0. The SMILES string of the molecule is COc1ccc(NC(CCO)C(C)(C)C)nc1. The van der Waals surface area contributed by atoms with Crippen LogP contribution in [0, 0.1) is 5.41 Å². The molecule has 1 aromatic heterocycles. The van der Waals surface area contributed by atoms with Crippen molar-refractivity contribution in [3.05, 3.63) is 18.3 Å². The lowest BCUT2D eigenvalue weighted by atomic mass is 9.85. The molecule has 2 N–H and O–H groups in total. The zero-order chi connectivity index (χ0) is 12.9. The van der Waals surface area contributed by atoms with Crippen LogP contribution in [0.4, 0.5) is 5.82 Å². The molecule has 0 fully saturated rings. The lowest BCUT2D eigenvalue weighted by molar-refractivity contribution is 0.235. The molecule has 0 aliphatic carbocycles. The molecule has 0 aliphatic rings. The number of hydrogen-bond donors (Lipinski definition) is 2. The Morgan fingerprint density at radius 1 is 1.41 bits per heavy atom. The number of nitrogens with one attached hydrogen (secondary N) is 1. The highest BCUT2D eigenvalue weighted by Crippen LogP contribution is 2.25. The van der Waals surface area contributed by atoms with Gasteiger partial charge in [-0.2, -0.15) is 0 Å². The molecule has 4 nitrogen and oxygen atoms in total. The molecule has 0 radical (unpaired) electrons. The van der Waals surface area contributed by atoms with Gasteiger partial charge in [-0.3, -0.25) is 0 Å². The van der Waals surface area contributed by atoms with Crippen LogP contribution in [0.2, 0.25) is 0 Å². The van der Waals surface area contributed by atoms with Gasteiger partial charge in [-0.25, -0.2) is 4.98 Å². The van der Waals surface area contributed by atoms with Crippen molar-refractivity contribution >= 4 is 5.82 Å². The van der Waals surface area contributed by atoms with E-state index >= 15 is 0 Å². The predicted octanol–water partition coefficient (Wildman–Crippen LogP) is 2.30. The molecule has 1 aromatic rings. The van der Waals surface area contributed by atoms with E-state index in [9.17, 15) is 0 Å². The molecule has 96 valence electrons. The molecule has 1 heterocycles. The van der Waals surface area contributed by atoms with E-state index in [1.54, 1.807) is 13.3 Å². The molecular formula is C13H22N2O2. The fourth-order valence-corrected chi connectivity index (χ4v) is 1.62. The molecule has 1 rings (SSSR count). The molecule has 0 aromatic carbocycles. The average molecular weight is 238 g/mol. The molecule has 0 aliphatic heterocycles. The molecule has 0 saturated carbocycles. The normalized spacial score (nSPS) is 13.2. The highest BCUT2D eigenvalue weighted by molar-refractivity contribution is 5.38. The van der Waals surface area contributed by atoms with E-state index in [-0.39, 0.29) is 18.1 Å². The lowest BCUT2D eigenvalue weighted by Gasteiger charge is -2.31. The number of nitrogens with zero attached hydrogens (tertiary/aromatic N) is 1. The van der Waals surface area contributed by atoms with Gasteiger partial charge in [0.15, 0.2) is 0 Å². The molecule has 0 amide bonds. The number of aliphatic hydroxyl groups is 1. The summed E-state index contributed by atoms with van der Waals surface area (Å²) in [5.74, 6) is 1.55. The molecule has 4 heteroatoms. The van der Waals surface area contributed by atoms with Crippen molar-refractivity contribution in [2.45, 2.75) is 33.2 Å². The Hall–Kier alpha value is -1.29. The Labute approximate surface area is 103 Å². The van der Waals surface area contributed by atoms with Gasteiger partial charge in [-0.05, 0) is 24.0 Å². The summed E-state index contributed by atoms with van der Waals surface area (Å²) < 4.78 is 5.06. The Kier molecular flexibility index (Phi) is 4.75. The second-order valence-electron chi connectivity index (χ2n) is 5.16. The van der Waals surface area contributed by atoms with Gasteiger partial charge in [-0.15, -0.1) is 0 Å². The van der Waals surface area contributed by atoms with Crippen LogP contribution in [0.15, 0.2) is 18.3 Å². The number of hydrogen-bond acceptors (Lipinski definition) is 4. The average Bonchev–Trinajstić information content (AvgIpc) is 2.28. The fraction of sp³-hybridized carbons (Fsp3) is 0.615. The minimum absolute atomic E-state index is 0.0737. The van der Waals surface area contributed by atoms with Crippen molar-refractivity contribution in [1.82, 2.24) is 4.98 Å². The first-order chi connectivity index (χ1) is 7.97. The van der Waals surface area contributed by atoms with Gasteiger partial charge in [0.25, 0.3) is 0 Å². The molecular weight excluding hydrogens is 216 g/mol. The second-order valence-corrected chi connectivity index (χ2v) is 5.16. The van der Waals surface area contributed by atoms with Gasteiger partial charge >= 0.3 is 0 Å². The van der Waals surface area contributed by atoms with E-state index in [2.05, 4.69) is 31.1 Å². The Morgan fingerprint density at radius 2 is 2.12 bits per heavy atom. The molecule has 1 atom stereocenters. The van der Waals surface area contributed by atoms with E-state index in [4.69, 9.17) is 9.84 Å². The Bertz CT molecular complexity index is 330. The van der Waals surface area contributed by atoms with Gasteiger partial charge in [0, 0.05) is 12.6 Å². The third-order valence-corrected chi connectivity index (χ3v) is 2.76. The van der Waals surface area contributed by atoms with Crippen molar-refractivity contribution < 1.29 is 9.84 Å². The third kappa shape index (κ3) is 4.23. The smallest absolute Gasteiger partial charge is 0.137 e. The molecule has 0 spiro atoms. The third-order valence-electron chi connectivity index (χ3n) is 2.76. The van der Waals surface area contributed by atoms with Gasteiger partial charge in [0.2, 0.25) is 0 Å². The number of anilines is 1. The summed E-state index contributed by atoms with van der Waals surface area (Å²) >= 11 is 0. The summed E-state index contributed by atoms with van der Waals surface area (Å²) in [6.07, 6.45) is 2.39. The quantitative estimate of drug-likeness (QED) is 0.826. The van der Waals surface area contributed by atoms with E-state index < -0.39 is 0 Å². The van der Waals surface area contributed by atoms with E-state index in [0.717, 1.165) is 11.6 Å². The maximum absolute atomic E-state index is 9.08. The van der Waals surface area contributed by atoms with Crippen LogP contribution in [-0.4, -0.2) is 29.8 Å². The number of aliphatic hydroxyl groups excluding tert-OH is 1. The van der Waals surface area contributed by atoms with Gasteiger partial charge in [-0.1, -0.05) is 20.8 Å². The number of pyridine rings is 1. The van der Waals surface area contributed by atoms with Crippen LogP contribution in [0.5, 0.6) is 5.75 Å². The van der Waals surface area contributed by atoms with Gasteiger partial charge in [0.05, 0.1) is 13.3 Å². The Morgan fingerprint density at radius 3 is 2.53 bits per heavy atom. The summed E-state index contributed by atoms with van der Waals surface area (Å²) in [5, 5.41) is 12.4. The van der Waals surface area contributed by atoms with Crippen LogP contribution >= 0.6 is 0 Å². The number of ether oxygens (including phenoxy) is 1. The monoisotopic (exact) mass is 238 g/mol. The molecule has 17 heavy (non-hydrogen) atoms. The van der Waals surface area contributed by atoms with Crippen LogP contribution in [0.1, 0.15) is 27.2 Å². The molecule has 1 unspecified atom stereocenters. The summed E-state index contributed by atoms with van der Waals surface area (Å²) in [4.78, 5) is 4.27. The van der Waals surface area contributed by atoms with Gasteiger partial charge < -0.3 is 15.2 Å². The summed E-state index contributed by atoms with van der Waals surface area (Å²) in [6.45, 7) is 6.60. The fourth-order valence-electron chi connectivity index (χ4n) is 1.62. The van der Waals surface area contributed by atoms with Crippen molar-refractivity contribution in [3.63, 3.8) is 0 Å². The van der Waals surface area contributed by atoms with Crippen LogP contribution < -0.4 is 10.1 Å². The predicted molar refractivity (Wildman–Crippen MR) is 69.4 cm³/mol. The minimum Gasteiger partial charge on any atom is -0.495 e. The molecule has 0 bridgehead atoms. The molecule has 0 saturated heterocycles. The van der Waals surface area contributed by atoms with E-state index in [1.165, 1.54) is 0 Å². The standard InChI is InChI=1S/C13H22N2O2/c1-13(2,3)11(7-8-16)15-12-6-5-10(17-4)9-14-12/h5-6,9,11,16H,7-8H2,1-4H3,(H,14,15). The van der Waals surface area contributed by atoms with E-state index in [0.29, 0.717) is 6.42 Å². The maximum Gasteiger partial charge on any atom is 0.137 e. The van der Waals surface area contributed by atoms with Crippen LogP contribution in [0.3, 0.4) is 0 Å². The Balaban J connectivity index is 2.72. The summed E-state index contributed by atoms with van der Waals surface area (Å²) in [6, 6.07) is 3.94. The van der Waals surface area contributed by atoms with Crippen molar-refractivity contribution in [1.29, 1.82) is 0 Å². The second kappa shape index (κ2) is 5.87. The largest absolute Gasteiger partial charge is 0.495 e. The maximum atomic E-state index is 9.08. The first-order valence-electron chi connectivity index (χ1n) is 5.85.